The minimum absolute atomic E-state index is 0.180. The van der Waals surface area contributed by atoms with E-state index < -0.39 is 0 Å². The van der Waals surface area contributed by atoms with Crippen molar-refractivity contribution in [2.45, 2.75) is 32.1 Å². The van der Waals surface area contributed by atoms with Gasteiger partial charge in [0.1, 0.15) is 17.3 Å². The summed E-state index contributed by atoms with van der Waals surface area (Å²) in [7, 11) is 3.33. The van der Waals surface area contributed by atoms with Gasteiger partial charge >= 0.3 is 0 Å². The zero-order valence-corrected chi connectivity index (χ0v) is 13.4. The van der Waals surface area contributed by atoms with Crippen LogP contribution in [0.15, 0.2) is 42.5 Å². The molecule has 0 heterocycles. The van der Waals surface area contributed by atoms with Gasteiger partial charge in [0, 0.05) is 6.07 Å². The van der Waals surface area contributed by atoms with Crippen LogP contribution in [0.4, 0.5) is 4.39 Å². The van der Waals surface area contributed by atoms with Crippen LogP contribution in [-0.2, 0) is 6.42 Å². The van der Waals surface area contributed by atoms with E-state index in [9.17, 15) is 4.39 Å². The van der Waals surface area contributed by atoms with E-state index >= 15 is 0 Å². The van der Waals surface area contributed by atoms with Crippen LogP contribution < -0.4 is 9.47 Å². The maximum Gasteiger partial charge on any atom is 0.123 e. The van der Waals surface area contributed by atoms with Crippen LogP contribution in [0.5, 0.6) is 11.5 Å². The molecule has 2 rings (SSSR count). The first-order valence-electron chi connectivity index (χ1n) is 7.59. The fourth-order valence-electron chi connectivity index (χ4n) is 2.54. The minimum Gasteiger partial charge on any atom is -0.497 e. The molecule has 22 heavy (non-hydrogen) atoms. The Kier molecular flexibility index (Phi) is 5.82. The van der Waals surface area contributed by atoms with E-state index in [1.54, 1.807) is 14.2 Å². The summed E-state index contributed by atoms with van der Waals surface area (Å²) in [6.07, 6.45) is 3.09. The van der Waals surface area contributed by atoms with Crippen molar-refractivity contribution < 1.29 is 13.9 Å². The van der Waals surface area contributed by atoms with E-state index in [2.05, 4.69) is 19.1 Å². The van der Waals surface area contributed by atoms with Crippen LogP contribution in [0, 0.1) is 5.82 Å². The minimum atomic E-state index is -0.180. The molecule has 2 aromatic rings. The smallest absolute Gasteiger partial charge is 0.123 e. The van der Waals surface area contributed by atoms with Crippen molar-refractivity contribution >= 4 is 0 Å². The number of methoxy groups -OCH3 is 2. The highest BCUT2D eigenvalue weighted by atomic mass is 19.1. The van der Waals surface area contributed by atoms with Crippen LogP contribution in [0.25, 0.3) is 0 Å². The molecule has 1 atom stereocenters. The fourth-order valence-corrected chi connectivity index (χ4v) is 2.54. The van der Waals surface area contributed by atoms with Crippen molar-refractivity contribution in [3.05, 3.63) is 59.4 Å². The van der Waals surface area contributed by atoms with E-state index in [1.165, 1.54) is 23.3 Å². The summed E-state index contributed by atoms with van der Waals surface area (Å²) in [6, 6.07) is 12.8. The van der Waals surface area contributed by atoms with Crippen LogP contribution in [-0.4, -0.2) is 14.2 Å². The van der Waals surface area contributed by atoms with Gasteiger partial charge in [-0.3, -0.25) is 0 Å². The molecule has 2 nitrogen and oxygen atoms in total. The van der Waals surface area contributed by atoms with Crippen LogP contribution in [0.2, 0.25) is 0 Å². The second-order valence-corrected chi connectivity index (χ2v) is 5.57. The Morgan fingerprint density at radius 3 is 2.09 bits per heavy atom. The van der Waals surface area contributed by atoms with Gasteiger partial charge in [0.15, 0.2) is 0 Å². The molecule has 0 fully saturated rings. The number of halogens is 1. The lowest BCUT2D eigenvalue weighted by atomic mass is 9.94. The molecule has 0 N–H and O–H groups in total. The predicted octanol–water partition coefficient (Wildman–Crippen LogP) is 4.97. The standard InChI is InChI=1S/C19H23FO2/c1-14(5-4-6-15-7-9-17(20)10-8-15)16-11-18(21-2)13-19(12-16)22-3/h7-14H,4-6H2,1-3H3. The molecule has 0 spiro atoms. The van der Waals surface area contributed by atoms with Gasteiger partial charge in [-0.15, -0.1) is 0 Å². The molecule has 0 aromatic heterocycles. The van der Waals surface area contributed by atoms with Crippen LogP contribution in [0.3, 0.4) is 0 Å². The van der Waals surface area contributed by atoms with Crippen molar-refractivity contribution in [1.29, 1.82) is 0 Å². The van der Waals surface area contributed by atoms with E-state index in [4.69, 9.17) is 9.47 Å². The summed E-state index contributed by atoms with van der Waals surface area (Å²) in [5, 5.41) is 0. The Morgan fingerprint density at radius 1 is 0.955 bits per heavy atom. The van der Waals surface area contributed by atoms with Crippen molar-refractivity contribution in [3.63, 3.8) is 0 Å². The maximum absolute atomic E-state index is 12.9. The Balaban J connectivity index is 1.94. The Hall–Kier alpha value is -2.03. The Morgan fingerprint density at radius 2 is 1.55 bits per heavy atom. The molecular formula is C19H23FO2. The molecule has 0 aliphatic rings. The molecule has 0 amide bonds. The average molecular weight is 302 g/mol. The normalized spacial score (nSPS) is 12.0. The average Bonchev–Trinajstić information content (AvgIpc) is 2.56. The number of aryl methyl sites for hydroxylation is 1. The first-order chi connectivity index (χ1) is 10.6. The van der Waals surface area contributed by atoms with Crippen LogP contribution in [0.1, 0.15) is 36.8 Å². The maximum atomic E-state index is 12.9. The van der Waals surface area contributed by atoms with Gasteiger partial charge in [-0.1, -0.05) is 19.1 Å². The van der Waals surface area contributed by atoms with Gasteiger partial charge in [0.25, 0.3) is 0 Å². The van der Waals surface area contributed by atoms with Gasteiger partial charge in [-0.05, 0) is 60.6 Å². The lowest BCUT2D eigenvalue weighted by molar-refractivity contribution is 0.392. The van der Waals surface area contributed by atoms with E-state index in [-0.39, 0.29) is 5.82 Å². The number of ether oxygens (including phenoxy) is 2. The number of hydrogen-bond donors (Lipinski definition) is 0. The number of hydrogen-bond acceptors (Lipinski definition) is 2. The molecule has 0 bridgehead atoms. The van der Waals surface area contributed by atoms with Gasteiger partial charge in [-0.2, -0.15) is 0 Å². The van der Waals surface area contributed by atoms with Gasteiger partial charge in [0.2, 0.25) is 0 Å². The van der Waals surface area contributed by atoms with Gasteiger partial charge < -0.3 is 9.47 Å². The fraction of sp³-hybridized carbons (Fsp3) is 0.368. The highest BCUT2D eigenvalue weighted by Crippen LogP contribution is 2.29. The van der Waals surface area contributed by atoms with Crippen molar-refractivity contribution in [2.24, 2.45) is 0 Å². The summed E-state index contributed by atoms with van der Waals surface area (Å²) in [5.41, 5.74) is 2.40. The SMILES string of the molecule is COc1cc(OC)cc(C(C)CCCc2ccc(F)cc2)c1. The third-order valence-corrected chi connectivity index (χ3v) is 3.96. The third kappa shape index (κ3) is 4.48. The highest BCUT2D eigenvalue weighted by molar-refractivity contribution is 5.39. The van der Waals surface area contributed by atoms with E-state index in [1.807, 2.05) is 18.2 Å². The van der Waals surface area contributed by atoms with Crippen molar-refractivity contribution in [3.8, 4) is 11.5 Å². The summed E-state index contributed by atoms with van der Waals surface area (Å²) >= 11 is 0. The molecule has 0 saturated heterocycles. The number of benzene rings is 2. The quantitative estimate of drug-likeness (QED) is 0.719. The number of rotatable bonds is 7. The molecule has 0 aliphatic carbocycles. The molecule has 0 aliphatic heterocycles. The second-order valence-electron chi connectivity index (χ2n) is 5.57. The topological polar surface area (TPSA) is 18.5 Å². The second kappa shape index (κ2) is 7.83. The van der Waals surface area contributed by atoms with Gasteiger partial charge in [0.05, 0.1) is 14.2 Å². The highest BCUT2D eigenvalue weighted by Gasteiger charge is 2.09. The lowest BCUT2D eigenvalue weighted by Gasteiger charge is -2.15. The first-order valence-corrected chi connectivity index (χ1v) is 7.59. The first kappa shape index (κ1) is 16.3. The Labute approximate surface area is 131 Å². The monoisotopic (exact) mass is 302 g/mol. The zero-order chi connectivity index (χ0) is 15.9. The largest absolute Gasteiger partial charge is 0.497 e. The van der Waals surface area contributed by atoms with E-state index in [0.717, 1.165) is 30.8 Å². The lowest BCUT2D eigenvalue weighted by Crippen LogP contribution is -1.98. The molecular weight excluding hydrogens is 279 g/mol. The molecule has 118 valence electrons. The molecule has 2 aromatic carbocycles. The molecule has 0 saturated carbocycles. The summed E-state index contributed by atoms with van der Waals surface area (Å²) in [5.74, 6) is 1.88. The zero-order valence-electron chi connectivity index (χ0n) is 13.4. The Bertz CT molecular complexity index is 571. The predicted molar refractivity (Wildman–Crippen MR) is 87.3 cm³/mol. The third-order valence-electron chi connectivity index (χ3n) is 3.96. The summed E-state index contributed by atoms with van der Waals surface area (Å²) in [4.78, 5) is 0. The molecule has 1 unspecified atom stereocenters. The van der Waals surface area contributed by atoms with Gasteiger partial charge in [-0.25, -0.2) is 4.39 Å². The van der Waals surface area contributed by atoms with Crippen molar-refractivity contribution in [1.82, 2.24) is 0 Å². The van der Waals surface area contributed by atoms with Crippen LogP contribution >= 0.6 is 0 Å². The molecule has 3 heteroatoms. The molecule has 0 radical (unpaired) electrons. The van der Waals surface area contributed by atoms with Crippen molar-refractivity contribution in [2.75, 3.05) is 14.2 Å². The summed E-state index contributed by atoms with van der Waals surface area (Å²) < 4.78 is 23.5. The van der Waals surface area contributed by atoms with E-state index in [0.29, 0.717) is 5.92 Å². The summed E-state index contributed by atoms with van der Waals surface area (Å²) in [6.45, 7) is 2.21.